The van der Waals surface area contributed by atoms with Gasteiger partial charge in [-0.25, -0.2) is 13.4 Å². The van der Waals surface area contributed by atoms with Crippen molar-refractivity contribution in [2.45, 2.75) is 76.0 Å². The summed E-state index contributed by atoms with van der Waals surface area (Å²) in [6.45, 7) is 12.5. The number of nitrogens with zero attached hydrogens (tertiary/aromatic N) is 3. The van der Waals surface area contributed by atoms with Crippen LogP contribution in [0.2, 0.25) is 0 Å². The van der Waals surface area contributed by atoms with Crippen molar-refractivity contribution < 1.29 is 17.9 Å². The number of rotatable bonds is 12. The number of halogens is 1. The zero-order valence-corrected chi connectivity index (χ0v) is 30.7. The molecule has 1 fully saturated rings. The first-order chi connectivity index (χ1) is 22.9. The molecule has 0 aromatic heterocycles. The number of aliphatic imine (C=N–C) groups is 1. The molecule has 0 spiro atoms. The second-order valence-corrected chi connectivity index (χ2v) is 15.8. The highest BCUT2D eigenvalue weighted by Gasteiger charge is 2.24. The van der Waals surface area contributed by atoms with E-state index < -0.39 is 15.1 Å². The molecule has 2 aliphatic rings. The Balaban J connectivity index is 1.69. The summed E-state index contributed by atoms with van der Waals surface area (Å²) >= 11 is 6.76. The van der Waals surface area contributed by atoms with Gasteiger partial charge in [-0.1, -0.05) is 29.8 Å². The van der Waals surface area contributed by atoms with Crippen molar-refractivity contribution in [1.82, 2.24) is 15.1 Å². The largest absolute Gasteiger partial charge is 0.489 e. The highest BCUT2D eigenvalue weighted by atomic mass is 35.5. The molecule has 0 saturated carbocycles. The van der Waals surface area contributed by atoms with Gasteiger partial charge in [0.15, 0.2) is 15.7 Å². The minimum absolute atomic E-state index is 0.104. The smallest absolute Gasteiger partial charge is 0.251 e. The number of likely N-dealkylation sites (N-methyl/N-ethyl adjacent to an activating group) is 1. The van der Waals surface area contributed by atoms with E-state index in [9.17, 15) is 13.2 Å². The summed E-state index contributed by atoms with van der Waals surface area (Å²) in [4.78, 5) is 23.1. The Bertz CT molecular complexity index is 1630. The number of para-hydroxylation sites is 1. The van der Waals surface area contributed by atoms with Crippen molar-refractivity contribution in [3.63, 3.8) is 0 Å². The van der Waals surface area contributed by atoms with E-state index in [0.717, 1.165) is 64.0 Å². The van der Waals surface area contributed by atoms with Gasteiger partial charge in [-0.15, -0.1) is 0 Å². The van der Waals surface area contributed by atoms with Gasteiger partial charge in [-0.3, -0.25) is 4.79 Å². The lowest BCUT2D eigenvalue weighted by Gasteiger charge is -2.32. The molecule has 10 nitrogen and oxygen atoms in total. The number of anilines is 2. The summed E-state index contributed by atoms with van der Waals surface area (Å²) < 4.78 is 32.7. The van der Waals surface area contributed by atoms with Crippen LogP contribution in [0.5, 0.6) is 5.75 Å². The van der Waals surface area contributed by atoms with Crippen LogP contribution in [0.25, 0.3) is 0 Å². The maximum atomic E-state index is 13.2. The van der Waals surface area contributed by atoms with E-state index in [1.807, 2.05) is 32.1 Å². The monoisotopic (exact) mass is 698 g/mol. The quantitative estimate of drug-likeness (QED) is 0.238. The lowest BCUT2D eigenvalue weighted by atomic mass is 10.00. The third kappa shape index (κ3) is 10.1. The molecule has 2 aromatic rings. The lowest BCUT2D eigenvalue weighted by Crippen LogP contribution is -2.44. The molecule has 2 heterocycles. The fraction of sp³-hybridized carbons (Fsp3) is 0.500. The number of hydrogen-bond acceptors (Lipinski definition) is 9. The van der Waals surface area contributed by atoms with Gasteiger partial charge < -0.3 is 30.5 Å². The molecule has 1 saturated heterocycles. The van der Waals surface area contributed by atoms with Crippen LogP contribution in [0.4, 0.5) is 11.4 Å². The minimum atomic E-state index is -3.58. The maximum absolute atomic E-state index is 13.2. The molecule has 0 radical (unpaired) electrons. The molecule has 12 heteroatoms. The number of sulfone groups is 1. The average molecular weight is 699 g/mol. The first-order valence-corrected chi connectivity index (χ1v) is 18.8. The van der Waals surface area contributed by atoms with Gasteiger partial charge >= 0.3 is 0 Å². The van der Waals surface area contributed by atoms with Crippen molar-refractivity contribution in [2.75, 3.05) is 57.5 Å². The summed E-state index contributed by atoms with van der Waals surface area (Å²) in [6, 6.07) is 10.6. The van der Waals surface area contributed by atoms with Gasteiger partial charge in [0, 0.05) is 45.2 Å². The SMILES string of the molecule is CNC(=O)c1cc(NC2=N/C(Nc3ccccc3S(=O)(=O)C(C)C)=C(/Cl)C=CCCC2)c(OC(C)C)cc1CCCN1CCN(C)CC1. The van der Waals surface area contributed by atoms with Crippen LogP contribution in [-0.4, -0.2) is 88.1 Å². The second kappa shape index (κ2) is 17.3. The summed E-state index contributed by atoms with van der Waals surface area (Å²) in [5.74, 6) is 1.37. The van der Waals surface area contributed by atoms with Gasteiger partial charge in [0.2, 0.25) is 0 Å². The van der Waals surface area contributed by atoms with E-state index in [2.05, 4.69) is 32.8 Å². The number of benzene rings is 2. The lowest BCUT2D eigenvalue weighted by molar-refractivity contribution is 0.0962. The minimum Gasteiger partial charge on any atom is -0.489 e. The third-order valence-corrected chi connectivity index (χ3v) is 10.9. The van der Waals surface area contributed by atoms with Gasteiger partial charge in [0.05, 0.1) is 32.7 Å². The number of piperazine rings is 1. The number of carbonyl (C=O) groups is 1. The van der Waals surface area contributed by atoms with Crippen LogP contribution in [0.3, 0.4) is 0 Å². The summed E-state index contributed by atoms with van der Waals surface area (Å²) in [7, 11) is 0.209. The van der Waals surface area contributed by atoms with Crippen molar-refractivity contribution in [2.24, 2.45) is 4.99 Å². The molecular formula is C36H51ClN6O4S. The van der Waals surface area contributed by atoms with Gasteiger partial charge in [-0.2, -0.15) is 0 Å². The first-order valence-electron chi connectivity index (χ1n) is 16.9. The molecule has 2 aromatic carbocycles. The molecule has 4 rings (SSSR count). The summed E-state index contributed by atoms with van der Waals surface area (Å²) in [5, 5.41) is 9.21. The molecular weight excluding hydrogens is 648 g/mol. The van der Waals surface area contributed by atoms with Gasteiger partial charge in [0.25, 0.3) is 5.91 Å². The Morgan fingerprint density at radius 2 is 1.77 bits per heavy atom. The molecule has 0 aliphatic carbocycles. The Labute approximate surface area is 291 Å². The standard InChI is InChI=1S/C36H51ClN6O4S/c1-25(2)47-32-23-27(13-12-18-43-21-19-42(6)20-22-43)28(36(44)38-5)24-31(32)39-34-17-9-7-8-14-29(37)35(41-34)40-30-15-10-11-16-33(30)48(45,46)26(3)4/h8,10-11,14-16,23-26,40H,7,9,12-13,17-22H2,1-6H3,(H,38,44)(H,39,41)/b14-8?,35-29+. The normalized spacial score (nSPS) is 18.2. The van der Waals surface area contributed by atoms with Gasteiger partial charge in [0.1, 0.15) is 11.6 Å². The van der Waals surface area contributed by atoms with Crippen LogP contribution >= 0.6 is 11.6 Å². The second-order valence-electron chi connectivity index (χ2n) is 12.9. The average Bonchev–Trinajstić information content (AvgIpc) is 3.13. The van der Waals surface area contributed by atoms with Crippen LogP contribution in [0.1, 0.15) is 69.3 Å². The molecule has 0 atom stereocenters. The van der Waals surface area contributed by atoms with Crippen molar-refractivity contribution in [3.8, 4) is 5.75 Å². The number of ether oxygens (including phenoxy) is 1. The fourth-order valence-electron chi connectivity index (χ4n) is 5.62. The van der Waals surface area contributed by atoms with E-state index in [1.165, 1.54) is 0 Å². The number of allylic oxidation sites excluding steroid dienone is 3. The first kappa shape index (κ1) is 37.4. The number of aryl methyl sites for hydroxylation is 1. The molecule has 2 aliphatic heterocycles. The molecule has 48 heavy (non-hydrogen) atoms. The maximum Gasteiger partial charge on any atom is 0.251 e. The molecule has 1 amide bonds. The highest BCUT2D eigenvalue weighted by molar-refractivity contribution is 7.92. The van der Waals surface area contributed by atoms with Crippen molar-refractivity contribution >= 4 is 44.6 Å². The summed E-state index contributed by atoms with van der Waals surface area (Å²) in [5.41, 5.74) is 2.52. The summed E-state index contributed by atoms with van der Waals surface area (Å²) in [6.07, 6.45) is 7.46. The molecule has 0 unspecified atom stereocenters. The molecule has 262 valence electrons. The number of carbonyl (C=O) groups excluding carboxylic acids is 1. The third-order valence-electron chi connectivity index (χ3n) is 8.42. The molecule has 3 N–H and O–H groups in total. The zero-order chi connectivity index (χ0) is 34.8. The Hall–Kier alpha value is -3.38. The van der Waals surface area contributed by atoms with Crippen LogP contribution in [0.15, 0.2) is 69.3 Å². The van der Waals surface area contributed by atoms with E-state index in [4.69, 9.17) is 21.3 Å². The van der Waals surface area contributed by atoms with E-state index in [1.54, 1.807) is 51.2 Å². The number of hydrogen-bond donors (Lipinski definition) is 3. The topological polar surface area (TPSA) is 115 Å². The fourth-order valence-corrected chi connectivity index (χ4v) is 7.00. The Kier molecular flexibility index (Phi) is 13.5. The van der Waals surface area contributed by atoms with E-state index >= 15 is 0 Å². The number of nitrogens with one attached hydrogen (secondary N) is 3. The Morgan fingerprint density at radius 1 is 1.04 bits per heavy atom. The van der Waals surface area contributed by atoms with Crippen LogP contribution < -0.4 is 20.7 Å². The molecule has 0 bridgehead atoms. The highest BCUT2D eigenvalue weighted by Crippen LogP contribution is 2.33. The number of amides is 1. The zero-order valence-electron chi connectivity index (χ0n) is 29.1. The predicted molar refractivity (Wildman–Crippen MR) is 197 cm³/mol. The van der Waals surface area contributed by atoms with Crippen LogP contribution in [-0.2, 0) is 16.3 Å². The predicted octanol–water partition coefficient (Wildman–Crippen LogP) is 6.27. The van der Waals surface area contributed by atoms with Crippen molar-refractivity contribution in [1.29, 1.82) is 0 Å². The van der Waals surface area contributed by atoms with Gasteiger partial charge in [-0.05, 0) is 103 Å². The van der Waals surface area contributed by atoms with E-state index in [0.29, 0.717) is 45.8 Å². The van der Waals surface area contributed by atoms with E-state index in [-0.39, 0.29) is 16.9 Å². The van der Waals surface area contributed by atoms with Crippen LogP contribution in [0, 0.1) is 0 Å². The van der Waals surface area contributed by atoms with Crippen molar-refractivity contribution in [3.05, 3.63) is 70.5 Å². The Morgan fingerprint density at radius 3 is 2.46 bits per heavy atom. The number of amidine groups is 1.